The molecule has 3 aromatic rings. The average molecular weight is 539 g/mol. The number of methoxy groups -OCH3 is 1. The van der Waals surface area contributed by atoms with Gasteiger partial charge in [0, 0.05) is 29.2 Å². The first-order valence-electron chi connectivity index (χ1n) is 12.7. The number of thiazole rings is 1. The molecule has 9 heteroatoms. The van der Waals surface area contributed by atoms with E-state index in [9.17, 15) is 14.7 Å². The van der Waals surface area contributed by atoms with Crippen LogP contribution in [0.2, 0.25) is 0 Å². The minimum Gasteiger partial charge on any atom is -0.453 e. The Kier molecular flexibility index (Phi) is 10.4. The van der Waals surface area contributed by atoms with E-state index in [-0.39, 0.29) is 12.3 Å². The minimum absolute atomic E-state index is 0.253. The monoisotopic (exact) mass is 538 g/mol. The molecule has 0 aliphatic carbocycles. The molecule has 1 heterocycles. The highest BCUT2D eigenvalue weighted by molar-refractivity contribution is 7.13. The SMILES string of the molecule is COC(=O)N[C@H](C(=O)N[C@@H](Cc1ccc(-c2nccs2)cc1)C[C@H](O)[C@@H](N)Cc1ccccc1)C(C)(C)C. The number of carbonyl (C=O) groups is 2. The molecule has 0 bridgehead atoms. The number of nitrogens with two attached hydrogens (primary N) is 1. The van der Waals surface area contributed by atoms with Crippen LogP contribution >= 0.6 is 11.3 Å². The molecule has 0 spiro atoms. The standard InChI is InChI=1S/C29H38N4O4S/c1-29(2,3)25(33-28(36)37-4)26(35)32-22(18-24(34)23(30)17-19-8-6-5-7-9-19)16-20-10-12-21(13-11-20)27-31-14-15-38-27/h5-15,22-25,34H,16-18,30H2,1-4H3,(H,32,35)(H,33,36)/t22-,23-,24-,25+/m0/s1. The molecule has 3 rings (SSSR count). The summed E-state index contributed by atoms with van der Waals surface area (Å²) in [5.41, 5.74) is 8.84. The third-order valence-electron chi connectivity index (χ3n) is 6.37. The van der Waals surface area contributed by atoms with Crippen LogP contribution in [-0.4, -0.2) is 53.4 Å². The Morgan fingerprint density at radius 3 is 2.26 bits per heavy atom. The van der Waals surface area contributed by atoms with Gasteiger partial charge in [0.05, 0.1) is 13.2 Å². The van der Waals surface area contributed by atoms with Crippen LogP contribution in [0.4, 0.5) is 4.79 Å². The molecule has 0 fully saturated rings. The van der Waals surface area contributed by atoms with Crippen LogP contribution in [-0.2, 0) is 22.4 Å². The molecular formula is C29H38N4O4S. The van der Waals surface area contributed by atoms with Crippen LogP contribution in [0, 0.1) is 5.41 Å². The van der Waals surface area contributed by atoms with Crippen molar-refractivity contribution in [1.29, 1.82) is 0 Å². The average Bonchev–Trinajstić information content (AvgIpc) is 3.42. The summed E-state index contributed by atoms with van der Waals surface area (Å²) in [5, 5.41) is 19.6. The number of aliphatic hydroxyl groups is 1. The van der Waals surface area contributed by atoms with Crippen molar-refractivity contribution >= 4 is 23.3 Å². The first-order valence-corrected chi connectivity index (χ1v) is 13.6. The topological polar surface area (TPSA) is 127 Å². The van der Waals surface area contributed by atoms with Gasteiger partial charge in [0.1, 0.15) is 11.0 Å². The molecule has 5 N–H and O–H groups in total. The Balaban J connectivity index is 1.77. The van der Waals surface area contributed by atoms with Crippen molar-refractivity contribution in [3.8, 4) is 10.6 Å². The largest absolute Gasteiger partial charge is 0.453 e. The molecule has 1 aromatic heterocycles. The van der Waals surface area contributed by atoms with Crippen molar-refractivity contribution in [2.45, 2.75) is 64.3 Å². The van der Waals surface area contributed by atoms with Crippen LogP contribution in [0.5, 0.6) is 0 Å². The van der Waals surface area contributed by atoms with Crippen molar-refractivity contribution < 1.29 is 19.4 Å². The molecule has 0 saturated heterocycles. The number of benzene rings is 2. The highest BCUT2D eigenvalue weighted by Gasteiger charge is 2.34. The van der Waals surface area contributed by atoms with Gasteiger partial charge < -0.3 is 26.2 Å². The van der Waals surface area contributed by atoms with E-state index in [2.05, 4.69) is 15.6 Å². The van der Waals surface area contributed by atoms with Gasteiger partial charge >= 0.3 is 6.09 Å². The predicted molar refractivity (Wildman–Crippen MR) is 151 cm³/mol. The van der Waals surface area contributed by atoms with Gasteiger partial charge in [-0.05, 0) is 35.8 Å². The fraction of sp³-hybridized carbons (Fsp3) is 0.414. The molecule has 0 unspecified atom stereocenters. The van der Waals surface area contributed by atoms with E-state index in [4.69, 9.17) is 10.5 Å². The second-order valence-corrected chi connectivity index (χ2v) is 11.4. The fourth-order valence-corrected chi connectivity index (χ4v) is 4.90. The zero-order valence-electron chi connectivity index (χ0n) is 22.4. The van der Waals surface area contributed by atoms with E-state index < -0.39 is 35.7 Å². The molecular weight excluding hydrogens is 500 g/mol. The maximum absolute atomic E-state index is 13.4. The lowest BCUT2D eigenvalue weighted by Gasteiger charge is -2.32. The Hall–Kier alpha value is -3.27. The molecule has 38 heavy (non-hydrogen) atoms. The smallest absolute Gasteiger partial charge is 0.407 e. The van der Waals surface area contributed by atoms with Crippen molar-refractivity contribution in [2.75, 3.05) is 7.11 Å². The first kappa shape index (κ1) is 29.3. The molecule has 0 aliphatic heterocycles. The molecule has 4 atom stereocenters. The summed E-state index contributed by atoms with van der Waals surface area (Å²) in [4.78, 5) is 29.7. The number of amides is 2. The van der Waals surface area contributed by atoms with Gasteiger partial charge in [-0.3, -0.25) is 4.79 Å². The number of alkyl carbamates (subject to hydrolysis) is 1. The van der Waals surface area contributed by atoms with Gasteiger partial charge in [0.2, 0.25) is 5.91 Å². The Labute approximate surface area is 228 Å². The Bertz CT molecular complexity index is 1150. The molecule has 0 saturated carbocycles. The van der Waals surface area contributed by atoms with Gasteiger partial charge in [-0.2, -0.15) is 0 Å². The number of nitrogens with one attached hydrogen (secondary N) is 2. The number of hydrogen-bond donors (Lipinski definition) is 4. The summed E-state index contributed by atoms with van der Waals surface area (Å²) >= 11 is 1.57. The molecule has 0 aliphatic rings. The quantitative estimate of drug-likeness (QED) is 0.293. The number of hydrogen-bond acceptors (Lipinski definition) is 7. The lowest BCUT2D eigenvalue weighted by Crippen LogP contribution is -2.56. The number of aromatic nitrogens is 1. The van der Waals surface area contributed by atoms with Gasteiger partial charge in [-0.15, -0.1) is 11.3 Å². The normalized spacial score (nSPS) is 14.7. The third-order valence-corrected chi connectivity index (χ3v) is 7.19. The lowest BCUT2D eigenvalue weighted by molar-refractivity contribution is -0.126. The predicted octanol–water partition coefficient (Wildman–Crippen LogP) is 3.93. The van der Waals surface area contributed by atoms with Crippen LogP contribution in [0.25, 0.3) is 10.6 Å². The Morgan fingerprint density at radius 2 is 1.68 bits per heavy atom. The number of carbonyl (C=O) groups excluding carboxylic acids is 2. The third kappa shape index (κ3) is 8.65. The molecule has 8 nitrogen and oxygen atoms in total. The van der Waals surface area contributed by atoms with E-state index in [1.165, 1.54) is 7.11 Å². The summed E-state index contributed by atoms with van der Waals surface area (Å²) < 4.78 is 4.73. The summed E-state index contributed by atoms with van der Waals surface area (Å²) in [5.74, 6) is -0.351. The van der Waals surface area contributed by atoms with Crippen LogP contribution in [0.3, 0.4) is 0 Å². The number of rotatable bonds is 11. The summed E-state index contributed by atoms with van der Waals surface area (Å²) in [6.45, 7) is 5.60. The second kappa shape index (κ2) is 13.5. The molecule has 2 aromatic carbocycles. The lowest BCUT2D eigenvalue weighted by atomic mass is 9.85. The first-order chi connectivity index (χ1) is 18.1. The van der Waals surface area contributed by atoms with Crippen LogP contribution in [0.1, 0.15) is 38.3 Å². The summed E-state index contributed by atoms with van der Waals surface area (Å²) in [7, 11) is 1.26. The van der Waals surface area contributed by atoms with E-state index in [0.717, 1.165) is 21.7 Å². The van der Waals surface area contributed by atoms with Crippen LogP contribution in [0.15, 0.2) is 66.2 Å². The van der Waals surface area contributed by atoms with E-state index >= 15 is 0 Å². The fourth-order valence-electron chi connectivity index (χ4n) is 4.25. The van der Waals surface area contributed by atoms with Gasteiger partial charge in [0.25, 0.3) is 0 Å². The Morgan fingerprint density at radius 1 is 1.03 bits per heavy atom. The molecule has 2 amide bonds. The number of nitrogens with zero attached hydrogens (tertiary/aromatic N) is 1. The highest BCUT2D eigenvalue weighted by atomic mass is 32.1. The van der Waals surface area contributed by atoms with Gasteiger partial charge in [0.15, 0.2) is 0 Å². The number of aliphatic hydroxyl groups excluding tert-OH is 1. The molecule has 204 valence electrons. The minimum atomic E-state index is -0.850. The van der Waals surface area contributed by atoms with Crippen LogP contribution < -0.4 is 16.4 Å². The summed E-state index contributed by atoms with van der Waals surface area (Å²) in [6, 6.07) is 16.0. The highest BCUT2D eigenvalue weighted by Crippen LogP contribution is 2.24. The van der Waals surface area contributed by atoms with E-state index in [1.54, 1.807) is 17.5 Å². The van der Waals surface area contributed by atoms with E-state index in [1.807, 2.05) is 80.7 Å². The summed E-state index contributed by atoms with van der Waals surface area (Å²) in [6.07, 6.45) is 1.49. The van der Waals surface area contributed by atoms with Crippen molar-refractivity contribution in [1.82, 2.24) is 15.6 Å². The number of ether oxygens (including phenoxy) is 1. The van der Waals surface area contributed by atoms with Gasteiger partial charge in [-0.25, -0.2) is 9.78 Å². The maximum atomic E-state index is 13.4. The van der Waals surface area contributed by atoms with Crippen molar-refractivity contribution in [3.05, 3.63) is 77.3 Å². The maximum Gasteiger partial charge on any atom is 0.407 e. The zero-order chi connectivity index (χ0) is 27.7. The van der Waals surface area contributed by atoms with Crippen molar-refractivity contribution in [3.63, 3.8) is 0 Å². The molecule has 0 radical (unpaired) electrons. The van der Waals surface area contributed by atoms with Gasteiger partial charge in [-0.1, -0.05) is 75.4 Å². The van der Waals surface area contributed by atoms with E-state index in [0.29, 0.717) is 12.8 Å². The second-order valence-electron chi connectivity index (χ2n) is 10.5. The zero-order valence-corrected chi connectivity index (χ0v) is 23.2. The van der Waals surface area contributed by atoms with Crippen molar-refractivity contribution in [2.24, 2.45) is 11.1 Å².